The van der Waals surface area contributed by atoms with Crippen LogP contribution in [0.5, 0.6) is 0 Å². The molecule has 0 spiro atoms. The van der Waals surface area contributed by atoms with Crippen molar-refractivity contribution in [1.82, 2.24) is 10.3 Å². The monoisotopic (exact) mass is 208 g/mol. The molecule has 1 N–H and O–H groups in total. The summed E-state index contributed by atoms with van der Waals surface area (Å²) in [4.78, 5) is 15.1. The number of aromatic nitrogens is 1. The van der Waals surface area contributed by atoms with Gasteiger partial charge in [0.25, 0.3) is 0 Å². The van der Waals surface area contributed by atoms with E-state index in [0.717, 1.165) is 5.56 Å². The molecule has 1 rings (SSSR count). The van der Waals surface area contributed by atoms with Gasteiger partial charge in [-0.05, 0) is 17.5 Å². The largest absolute Gasteiger partial charge is 0.449 e. The second-order valence-electron chi connectivity index (χ2n) is 3.71. The van der Waals surface area contributed by atoms with Crippen LogP contribution in [0.1, 0.15) is 19.4 Å². The summed E-state index contributed by atoms with van der Waals surface area (Å²) in [5, 5.41) is 2.65. The van der Waals surface area contributed by atoms with Gasteiger partial charge >= 0.3 is 6.09 Å². The molecule has 1 aromatic rings. The van der Waals surface area contributed by atoms with Crippen LogP contribution in [0.3, 0.4) is 0 Å². The summed E-state index contributed by atoms with van der Waals surface area (Å²) in [6.07, 6.45) is 3.02. The third-order valence-corrected chi connectivity index (χ3v) is 1.71. The summed E-state index contributed by atoms with van der Waals surface area (Å²) < 4.78 is 4.95. The van der Waals surface area contributed by atoms with Crippen molar-refractivity contribution < 1.29 is 9.53 Å². The van der Waals surface area contributed by atoms with Crippen LogP contribution in [-0.2, 0) is 11.3 Å². The fourth-order valence-corrected chi connectivity index (χ4v) is 0.970. The zero-order valence-corrected chi connectivity index (χ0v) is 9.06. The van der Waals surface area contributed by atoms with E-state index < -0.39 is 0 Å². The minimum absolute atomic E-state index is 0.356. The molecule has 1 amide bonds. The lowest BCUT2D eigenvalue weighted by Crippen LogP contribution is -2.25. The highest BCUT2D eigenvalue weighted by Crippen LogP contribution is 1.96. The molecule has 4 nitrogen and oxygen atoms in total. The number of amides is 1. The second-order valence-corrected chi connectivity index (χ2v) is 3.71. The van der Waals surface area contributed by atoms with Gasteiger partial charge in [-0.25, -0.2) is 4.79 Å². The molecule has 0 saturated carbocycles. The fraction of sp³-hybridized carbons (Fsp3) is 0.455. The van der Waals surface area contributed by atoms with Crippen molar-refractivity contribution in [2.24, 2.45) is 5.92 Å². The SMILES string of the molecule is CC(C)COC(=O)NCc1cccnc1. The minimum atomic E-state index is -0.382. The van der Waals surface area contributed by atoms with Gasteiger partial charge in [0, 0.05) is 18.9 Å². The number of carbonyl (C=O) groups is 1. The van der Waals surface area contributed by atoms with Crippen LogP contribution in [-0.4, -0.2) is 17.7 Å². The van der Waals surface area contributed by atoms with E-state index in [4.69, 9.17) is 4.74 Å². The van der Waals surface area contributed by atoms with Crippen LogP contribution in [0, 0.1) is 5.92 Å². The molecule has 0 aromatic carbocycles. The van der Waals surface area contributed by atoms with E-state index in [1.54, 1.807) is 12.4 Å². The Morgan fingerprint density at radius 3 is 3.00 bits per heavy atom. The van der Waals surface area contributed by atoms with Crippen LogP contribution < -0.4 is 5.32 Å². The first-order valence-corrected chi connectivity index (χ1v) is 4.98. The second kappa shape index (κ2) is 6.01. The summed E-state index contributed by atoms with van der Waals surface area (Å²) in [5.74, 6) is 0.356. The summed E-state index contributed by atoms with van der Waals surface area (Å²) in [5.41, 5.74) is 0.957. The van der Waals surface area contributed by atoms with Gasteiger partial charge in [0.2, 0.25) is 0 Å². The van der Waals surface area contributed by atoms with Gasteiger partial charge in [0.05, 0.1) is 6.61 Å². The number of nitrogens with one attached hydrogen (secondary N) is 1. The van der Waals surface area contributed by atoms with Gasteiger partial charge in [-0.2, -0.15) is 0 Å². The van der Waals surface area contributed by atoms with Gasteiger partial charge < -0.3 is 10.1 Å². The highest BCUT2D eigenvalue weighted by Gasteiger charge is 2.02. The van der Waals surface area contributed by atoms with Crippen LogP contribution in [0.25, 0.3) is 0 Å². The highest BCUT2D eigenvalue weighted by atomic mass is 16.5. The predicted molar refractivity (Wildman–Crippen MR) is 57.3 cm³/mol. The molecular formula is C11H16N2O2. The van der Waals surface area contributed by atoms with Gasteiger partial charge in [0.15, 0.2) is 0 Å². The number of pyridine rings is 1. The van der Waals surface area contributed by atoms with E-state index in [1.807, 2.05) is 26.0 Å². The quantitative estimate of drug-likeness (QED) is 0.823. The van der Waals surface area contributed by atoms with Crippen LogP contribution in [0.15, 0.2) is 24.5 Å². The molecule has 82 valence electrons. The molecule has 0 bridgehead atoms. The first kappa shape index (κ1) is 11.5. The lowest BCUT2D eigenvalue weighted by Gasteiger charge is -2.08. The van der Waals surface area contributed by atoms with Crippen LogP contribution in [0.2, 0.25) is 0 Å². The maximum atomic E-state index is 11.2. The third-order valence-electron chi connectivity index (χ3n) is 1.71. The highest BCUT2D eigenvalue weighted by molar-refractivity contribution is 5.67. The van der Waals surface area contributed by atoms with E-state index in [-0.39, 0.29) is 6.09 Å². The summed E-state index contributed by atoms with van der Waals surface area (Å²) in [6.45, 7) is 4.88. The molecule has 1 aromatic heterocycles. The van der Waals surface area contributed by atoms with E-state index in [1.165, 1.54) is 0 Å². The molecule has 0 aliphatic heterocycles. The number of nitrogens with zero attached hydrogens (tertiary/aromatic N) is 1. The van der Waals surface area contributed by atoms with Crippen LogP contribution in [0.4, 0.5) is 4.79 Å². The Labute approximate surface area is 89.7 Å². The third kappa shape index (κ3) is 5.00. The van der Waals surface area contributed by atoms with Crippen molar-refractivity contribution in [3.8, 4) is 0 Å². The normalized spacial score (nSPS) is 10.1. The Morgan fingerprint density at radius 2 is 2.40 bits per heavy atom. The molecule has 0 aliphatic carbocycles. The van der Waals surface area contributed by atoms with Gasteiger partial charge in [0.1, 0.15) is 0 Å². The van der Waals surface area contributed by atoms with Crippen molar-refractivity contribution >= 4 is 6.09 Å². The first-order chi connectivity index (χ1) is 7.18. The van der Waals surface area contributed by atoms with E-state index in [9.17, 15) is 4.79 Å². The molecular weight excluding hydrogens is 192 g/mol. The molecule has 15 heavy (non-hydrogen) atoms. The van der Waals surface area contributed by atoms with Crippen molar-refractivity contribution in [3.63, 3.8) is 0 Å². The summed E-state index contributed by atoms with van der Waals surface area (Å²) in [7, 11) is 0. The molecule has 0 aliphatic rings. The molecule has 1 heterocycles. The minimum Gasteiger partial charge on any atom is -0.449 e. The standard InChI is InChI=1S/C11H16N2O2/c1-9(2)8-15-11(14)13-7-10-4-3-5-12-6-10/h3-6,9H,7-8H2,1-2H3,(H,13,14). The number of hydrogen-bond donors (Lipinski definition) is 1. The van der Waals surface area contributed by atoms with Crippen LogP contribution >= 0.6 is 0 Å². The van der Waals surface area contributed by atoms with Gasteiger partial charge in [-0.1, -0.05) is 19.9 Å². The maximum absolute atomic E-state index is 11.2. The Morgan fingerprint density at radius 1 is 1.60 bits per heavy atom. The molecule has 0 radical (unpaired) electrons. The Bertz CT molecular complexity index is 299. The molecule has 0 unspecified atom stereocenters. The van der Waals surface area contributed by atoms with Crippen molar-refractivity contribution in [3.05, 3.63) is 30.1 Å². The molecule has 4 heteroatoms. The zero-order valence-electron chi connectivity index (χ0n) is 9.06. The van der Waals surface area contributed by atoms with Gasteiger partial charge in [-0.15, -0.1) is 0 Å². The topological polar surface area (TPSA) is 51.2 Å². The fourth-order valence-electron chi connectivity index (χ4n) is 0.970. The van der Waals surface area contributed by atoms with E-state index in [2.05, 4.69) is 10.3 Å². The number of carbonyl (C=O) groups excluding carboxylic acids is 1. The Balaban J connectivity index is 2.23. The van der Waals surface area contributed by atoms with Crippen molar-refractivity contribution in [1.29, 1.82) is 0 Å². The Kier molecular flexibility index (Phi) is 4.60. The lowest BCUT2D eigenvalue weighted by molar-refractivity contribution is 0.132. The Hall–Kier alpha value is -1.58. The summed E-state index contributed by atoms with van der Waals surface area (Å²) in [6, 6.07) is 3.73. The number of rotatable bonds is 4. The summed E-state index contributed by atoms with van der Waals surface area (Å²) >= 11 is 0. The zero-order chi connectivity index (χ0) is 11.1. The molecule has 0 fully saturated rings. The van der Waals surface area contributed by atoms with E-state index >= 15 is 0 Å². The van der Waals surface area contributed by atoms with Crippen molar-refractivity contribution in [2.45, 2.75) is 20.4 Å². The average Bonchev–Trinajstić information content (AvgIpc) is 2.25. The first-order valence-electron chi connectivity index (χ1n) is 4.98. The van der Waals surface area contributed by atoms with E-state index in [0.29, 0.717) is 19.1 Å². The molecule has 0 saturated heterocycles. The number of ether oxygens (including phenoxy) is 1. The number of alkyl carbamates (subject to hydrolysis) is 1. The maximum Gasteiger partial charge on any atom is 0.407 e. The predicted octanol–water partition coefficient (Wildman–Crippen LogP) is 1.96. The smallest absolute Gasteiger partial charge is 0.407 e. The average molecular weight is 208 g/mol. The number of hydrogen-bond acceptors (Lipinski definition) is 3. The van der Waals surface area contributed by atoms with Crippen molar-refractivity contribution in [2.75, 3.05) is 6.61 Å². The van der Waals surface area contributed by atoms with Gasteiger partial charge in [-0.3, -0.25) is 4.98 Å². The lowest BCUT2D eigenvalue weighted by atomic mass is 10.2. The molecule has 0 atom stereocenters.